The van der Waals surface area contributed by atoms with Crippen molar-refractivity contribution >= 4 is 38.1 Å². The molecule has 1 aromatic heterocycles. The van der Waals surface area contributed by atoms with E-state index in [1.807, 2.05) is 0 Å². The number of thiazole rings is 1. The van der Waals surface area contributed by atoms with E-state index in [0.29, 0.717) is 13.2 Å². The fourth-order valence-corrected chi connectivity index (χ4v) is 5.08. The molecule has 0 radical (unpaired) electrons. The first kappa shape index (κ1) is 17.5. The molecule has 0 saturated carbocycles. The van der Waals surface area contributed by atoms with Crippen LogP contribution in [0, 0.1) is 11.6 Å². The summed E-state index contributed by atoms with van der Waals surface area (Å²) in [4.78, 5) is 3.32. The molecule has 0 amide bonds. The van der Waals surface area contributed by atoms with Crippen molar-refractivity contribution in [3.05, 3.63) is 39.9 Å². The van der Waals surface area contributed by atoms with Crippen molar-refractivity contribution in [1.82, 2.24) is 4.98 Å². The number of hydrogen-bond donors (Lipinski definition) is 1. The van der Waals surface area contributed by atoms with Crippen LogP contribution in [-0.2, 0) is 14.8 Å². The maximum atomic E-state index is 13.8. The summed E-state index contributed by atoms with van der Waals surface area (Å²) >= 11 is 6.80. The smallest absolute Gasteiger partial charge is 0.268 e. The number of hydrogen-bond acceptors (Lipinski definition) is 5. The molecule has 1 fully saturated rings. The minimum atomic E-state index is -4.39. The fourth-order valence-electron chi connectivity index (χ4n) is 2.43. The lowest BCUT2D eigenvalue weighted by molar-refractivity contribution is 0.0846. The van der Waals surface area contributed by atoms with Gasteiger partial charge in [0.15, 0.2) is 16.8 Å². The van der Waals surface area contributed by atoms with Crippen LogP contribution in [-0.4, -0.2) is 26.6 Å². The summed E-state index contributed by atoms with van der Waals surface area (Å²) in [5.74, 6) is -2.61. The van der Waals surface area contributed by atoms with Crippen molar-refractivity contribution in [1.29, 1.82) is 0 Å². The molecule has 2 heterocycles. The van der Waals surface area contributed by atoms with E-state index in [9.17, 15) is 17.2 Å². The van der Waals surface area contributed by atoms with E-state index in [0.717, 1.165) is 42.0 Å². The Kier molecular flexibility index (Phi) is 5.05. The van der Waals surface area contributed by atoms with Crippen molar-refractivity contribution in [2.45, 2.75) is 23.7 Å². The number of benzene rings is 1. The number of nitrogens with one attached hydrogen (secondary N) is 1. The van der Waals surface area contributed by atoms with Crippen LogP contribution in [0.4, 0.5) is 13.9 Å². The van der Waals surface area contributed by atoms with Gasteiger partial charge in [-0.1, -0.05) is 11.6 Å². The Bertz CT molecular complexity index is 852. The molecule has 24 heavy (non-hydrogen) atoms. The molecule has 0 unspecified atom stereocenters. The van der Waals surface area contributed by atoms with E-state index in [-0.39, 0.29) is 11.0 Å². The first-order valence-corrected chi connectivity index (χ1v) is 9.82. The van der Waals surface area contributed by atoms with Gasteiger partial charge in [0, 0.05) is 24.5 Å². The number of rotatable bonds is 4. The molecule has 2 aromatic rings. The summed E-state index contributed by atoms with van der Waals surface area (Å²) in [6.45, 7) is 1.26. The number of sulfonamides is 1. The minimum absolute atomic E-state index is 0.0798. The topological polar surface area (TPSA) is 68.3 Å². The molecule has 1 aliphatic heterocycles. The standard InChI is InChI=1S/C14H13ClF2N2O3S2/c15-9-1-2-10(16)12(17)13(9)24(20,21)19-14-18-11(7-23-14)8-3-5-22-6-4-8/h1-2,7-8H,3-6H2,(H,18,19). The predicted octanol–water partition coefficient (Wildman–Crippen LogP) is 3.77. The Labute approximate surface area is 146 Å². The van der Waals surface area contributed by atoms with Crippen LogP contribution in [0.5, 0.6) is 0 Å². The normalized spacial score (nSPS) is 16.3. The highest BCUT2D eigenvalue weighted by Gasteiger charge is 2.27. The predicted molar refractivity (Wildman–Crippen MR) is 87.1 cm³/mol. The van der Waals surface area contributed by atoms with Gasteiger partial charge >= 0.3 is 0 Å². The highest BCUT2D eigenvalue weighted by Crippen LogP contribution is 2.32. The van der Waals surface area contributed by atoms with Gasteiger partial charge in [0.25, 0.3) is 10.0 Å². The van der Waals surface area contributed by atoms with Crippen LogP contribution in [0.2, 0.25) is 5.02 Å². The van der Waals surface area contributed by atoms with Gasteiger partial charge in [0.1, 0.15) is 4.90 Å². The van der Waals surface area contributed by atoms with Gasteiger partial charge in [0.05, 0.1) is 10.7 Å². The highest BCUT2D eigenvalue weighted by atomic mass is 35.5. The third kappa shape index (κ3) is 3.53. The molecule has 1 saturated heterocycles. The second-order valence-corrected chi connectivity index (χ2v) is 8.13. The molecule has 0 bridgehead atoms. The molecule has 1 N–H and O–H groups in total. The van der Waals surface area contributed by atoms with Gasteiger partial charge in [-0.2, -0.15) is 0 Å². The third-order valence-corrected chi connectivity index (χ3v) is 6.38. The van der Waals surface area contributed by atoms with Gasteiger partial charge in [-0.3, -0.25) is 4.72 Å². The molecule has 5 nitrogen and oxygen atoms in total. The summed E-state index contributed by atoms with van der Waals surface area (Å²) in [6.07, 6.45) is 1.61. The van der Waals surface area contributed by atoms with Gasteiger partial charge in [-0.15, -0.1) is 11.3 Å². The molecule has 0 atom stereocenters. The number of nitrogens with zero attached hydrogens (tertiary/aromatic N) is 1. The average molecular weight is 395 g/mol. The minimum Gasteiger partial charge on any atom is -0.381 e. The van der Waals surface area contributed by atoms with Crippen LogP contribution < -0.4 is 4.72 Å². The average Bonchev–Trinajstić information content (AvgIpc) is 2.99. The Balaban J connectivity index is 1.85. The van der Waals surface area contributed by atoms with Gasteiger partial charge in [-0.25, -0.2) is 22.2 Å². The second-order valence-electron chi connectivity index (χ2n) is 5.24. The Morgan fingerprint density at radius 1 is 1.29 bits per heavy atom. The lowest BCUT2D eigenvalue weighted by atomic mass is 9.98. The zero-order chi connectivity index (χ0) is 17.3. The van der Waals surface area contributed by atoms with E-state index < -0.39 is 31.6 Å². The summed E-state index contributed by atoms with van der Waals surface area (Å²) in [5, 5.41) is 1.43. The van der Waals surface area contributed by atoms with E-state index >= 15 is 0 Å². The molecule has 1 aromatic carbocycles. The van der Waals surface area contributed by atoms with E-state index in [1.165, 1.54) is 0 Å². The zero-order valence-electron chi connectivity index (χ0n) is 12.3. The Hall–Kier alpha value is -1.29. The maximum Gasteiger partial charge on any atom is 0.268 e. The third-order valence-electron chi connectivity index (χ3n) is 3.65. The largest absolute Gasteiger partial charge is 0.381 e. The van der Waals surface area contributed by atoms with Crippen LogP contribution >= 0.6 is 22.9 Å². The first-order chi connectivity index (χ1) is 11.4. The van der Waals surface area contributed by atoms with Gasteiger partial charge in [0.2, 0.25) is 0 Å². The van der Waals surface area contributed by atoms with Crippen molar-refractivity contribution < 1.29 is 21.9 Å². The van der Waals surface area contributed by atoms with Crippen molar-refractivity contribution in [3.8, 4) is 0 Å². The van der Waals surface area contributed by atoms with E-state index in [1.54, 1.807) is 5.38 Å². The number of ether oxygens (including phenoxy) is 1. The Morgan fingerprint density at radius 2 is 2.00 bits per heavy atom. The fraction of sp³-hybridized carbons (Fsp3) is 0.357. The zero-order valence-corrected chi connectivity index (χ0v) is 14.6. The monoisotopic (exact) mass is 394 g/mol. The molecule has 0 spiro atoms. The quantitative estimate of drug-likeness (QED) is 0.801. The lowest BCUT2D eigenvalue weighted by Gasteiger charge is -2.19. The second kappa shape index (κ2) is 6.91. The molecule has 130 valence electrons. The molecule has 10 heteroatoms. The molecule has 1 aliphatic rings. The highest BCUT2D eigenvalue weighted by molar-refractivity contribution is 7.93. The van der Waals surface area contributed by atoms with Crippen LogP contribution in [0.1, 0.15) is 24.5 Å². The first-order valence-electron chi connectivity index (χ1n) is 7.08. The Morgan fingerprint density at radius 3 is 2.71 bits per heavy atom. The summed E-state index contributed by atoms with van der Waals surface area (Å²) < 4.78 is 59.3. The van der Waals surface area contributed by atoms with E-state index in [4.69, 9.17) is 16.3 Å². The van der Waals surface area contributed by atoms with E-state index in [2.05, 4.69) is 9.71 Å². The van der Waals surface area contributed by atoms with Crippen LogP contribution in [0.25, 0.3) is 0 Å². The van der Waals surface area contributed by atoms with Crippen molar-refractivity contribution in [2.75, 3.05) is 17.9 Å². The van der Waals surface area contributed by atoms with Crippen molar-refractivity contribution in [2.24, 2.45) is 0 Å². The van der Waals surface area contributed by atoms with Gasteiger partial charge < -0.3 is 4.74 Å². The molecule has 3 rings (SSSR count). The molecular formula is C14H13ClF2N2O3S2. The number of halogens is 3. The van der Waals surface area contributed by atoms with Crippen LogP contribution in [0.15, 0.2) is 22.4 Å². The molecule has 0 aliphatic carbocycles. The summed E-state index contributed by atoms with van der Waals surface area (Å²) in [7, 11) is -4.39. The van der Waals surface area contributed by atoms with Crippen molar-refractivity contribution in [3.63, 3.8) is 0 Å². The van der Waals surface area contributed by atoms with Crippen LogP contribution in [0.3, 0.4) is 0 Å². The number of aromatic nitrogens is 1. The maximum absolute atomic E-state index is 13.8. The molecular weight excluding hydrogens is 382 g/mol. The lowest BCUT2D eigenvalue weighted by Crippen LogP contribution is -2.17. The SMILES string of the molecule is O=S(=O)(Nc1nc(C2CCOCC2)cs1)c1c(Cl)ccc(F)c1F. The van der Waals surface area contributed by atoms with Gasteiger partial charge in [-0.05, 0) is 25.0 Å². The summed E-state index contributed by atoms with van der Waals surface area (Å²) in [6, 6.07) is 1.76. The summed E-state index contributed by atoms with van der Waals surface area (Å²) in [5.41, 5.74) is 0.756. The number of anilines is 1.